The van der Waals surface area contributed by atoms with Crippen LogP contribution in [0, 0.1) is 13.8 Å². The van der Waals surface area contributed by atoms with Crippen molar-refractivity contribution in [3.05, 3.63) is 45.4 Å². The van der Waals surface area contributed by atoms with Gasteiger partial charge in [-0.1, -0.05) is 0 Å². The first-order valence-corrected chi connectivity index (χ1v) is 9.72. The molecule has 1 aromatic carbocycles. The van der Waals surface area contributed by atoms with Gasteiger partial charge in [0, 0.05) is 30.1 Å². The highest BCUT2D eigenvalue weighted by molar-refractivity contribution is 7.11. The van der Waals surface area contributed by atoms with Crippen molar-refractivity contribution in [2.75, 3.05) is 26.7 Å². The van der Waals surface area contributed by atoms with E-state index in [-0.39, 0.29) is 5.91 Å². The Hall–Kier alpha value is -2.61. The van der Waals surface area contributed by atoms with Gasteiger partial charge in [-0.05, 0) is 45.0 Å². The molecule has 0 fully saturated rings. The number of nitrogens with zero attached hydrogens (tertiary/aromatic N) is 2. The van der Waals surface area contributed by atoms with E-state index in [9.17, 15) is 4.79 Å². The highest BCUT2D eigenvalue weighted by atomic mass is 32.1. The minimum absolute atomic E-state index is 0.116. The molecule has 3 N–H and O–H groups in total. The average Bonchev–Trinajstić information content (AvgIpc) is 3.00. The van der Waals surface area contributed by atoms with Gasteiger partial charge in [-0.2, -0.15) is 0 Å². The Morgan fingerprint density at radius 3 is 2.44 bits per heavy atom. The van der Waals surface area contributed by atoms with E-state index in [4.69, 9.17) is 4.74 Å². The standard InChI is InChI=1S/C19H27N5O2S/c1-5-20-19(23-12-17-24-13(2)14(3)27-17)22-11-10-21-18(25)15-6-8-16(26-4)9-7-15/h6-9H,5,10-12H2,1-4H3,(H,21,25)(H2,20,22,23). The molecule has 0 aliphatic heterocycles. The molecule has 2 rings (SSSR count). The smallest absolute Gasteiger partial charge is 0.251 e. The first kappa shape index (κ1) is 20.7. The number of hydrogen-bond donors (Lipinski definition) is 3. The second-order valence-electron chi connectivity index (χ2n) is 5.86. The van der Waals surface area contributed by atoms with Crippen LogP contribution in [0.25, 0.3) is 0 Å². The molecule has 0 saturated heterocycles. The van der Waals surface area contributed by atoms with Crippen LogP contribution in [0.2, 0.25) is 0 Å². The zero-order valence-electron chi connectivity index (χ0n) is 16.3. The maximum absolute atomic E-state index is 12.1. The summed E-state index contributed by atoms with van der Waals surface area (Å²) >= 11 is 1.67. The van der Waals surface area contributed by atoms with Gasteiger partial charge >= 0.3 is 0 Å². The fourth-order valence-corrected chi connectivity index (χ4v) is 3.16. The van der Waals surface area contributed by atoms with Gasteiger partial charge in [-0.25, -0.2) is 9.98 Å². The molecule has 1 aromatic heterocycles. The Balaban J connectivity index is 1.79. The summed E-state index contributed by atoms with van der Waals surface area (Å²) in [5, 5.41) is 10.3. The maximum Gasteiger partial charge on any atom is 0.251 e. The third kappa shape index (κ3) is 6.56. The highest BCUT2D eigenvalue weighted by Crippen LogP contribution is 2.16. The fraction of sp³-hybridized carbons (Fsp3) is 0.421. The van der Waals surface area contributed by atoms with Crippen molar-refractivity contribution in [1.29, 1.82) is 0 Å². The molecule has 0 spiro atoms. The van der Waals surface area contributed by atoms with Crippen molar-refractivity contribution < 1.29 is 9.53 Å². The van der Waals surface area contributed by atoms with Gasteiger partial charge in [0.25, 0.3) is 5.91 Å². The zero-order valence-corrected chi connectivity index (χ0v) is 17.1. The van der Waals surface area contributed by atoms with Crippen LogP contribution in [0.1, 0.15) is 32.9 Å². The Morgan fingerprint density at radius 1 is 1.15 bits per heavy atom. The number of ether oxygens (including phenoxy) is 1. The highest BCUT2D eigenvalue weighted by Gasteiger charge is 2.06. The number of guanidine groups is 1. The van der Waals surface area contributed by atoms with Gasteiger partial charge in [0.15, 0.2) is 5.96 Å². The largest absolute Gasteiger partial charge is 0.497 e. The van der Waals surface area contributed by atoms with Crippen molar-refractivity contribution in [2.45, 2.75) is 27.3 Å². The van der Waals surface area contributed by atoms with E-state index in [2.05, 4.69) is 32.9 Å². The molecular formula is C19H27N5O2S. The minimum atomic E-state index is -0.116. The Kier molecular flexibility index (Phi) is 8.06. The molecule has 0 aliphatic rings. The predicted molar refractivity (Wildman–Crippen MR) is 110 cm³/mol. The topological polar surface area (TPSA) is 87.6 Å². The number of aryl methyl sites for hydroxylation is 2. The number of aromatic nitrogens is 1. The van der Waals surface area contributed by atoms with Gasteiger partial charge < -0.3 is 20.7 Å². The number of rotatable bonds is 8. The van der Waals surface area contributed by atoms with E-state index in [1.165, 1.54) is 4.88 Å². The summed E-state index contributed by atoms with van der Waals surface area (Å²) in [5.74, 6) is 1.32. The molecule has 0 atom stereocenters. The van der Waals surface area contributed by atoms with E-state index >= 15 is 0 Å². The van der Waals surface area contributed by atoms with Crippen molar-refractivity contribution in [3.63, 3.8) is 0 Å². The summed E-state index contributed by atoms with van der Waals surface area (Å²) in [7, 11) is 1.60. The molecule has 0 bridgehead atoms. The van der Waals surface area contributed by atoms with Crippen molar-refractivity contribution in [2.24, 2.45) is 4.99 Å². The summed E-state index contributed by atoms with van der Waals surface area (Å²) in [6.07, 6.45) is 0. The molecule has 7 nitrogen and oxygen atoms in total. The number of carbonyl (C=O) groups excluding carboxylic acids is 1. The van der Waals surface area contributed by atoms with Crippen molar-refractivity contribution >= 4 is 23.2 Å². The fourth-order valence-electron chi connectivity index (χ4n) is 2.30. The predicted octanol–water partition coefficient (Wildman–Crippen LogP) is 2.25. The molecular weight excluding hydrogens is 362 g/mol. The van der Waals surface area contributed by atoms with E-state index in [1.807, 2.05) is 13.8 Å². The number of thiazole rings is 1. The van der Waals surface area contributed by atoms with Crippen LogP contribution in [0.15, 0.2) is 29.3 Å². The molecule has 0 radical (unpaired) electrons. The van der Waals surface area contributed by atoms with E-state index in [0.29, 0.717) is 31.2 Å². The number of hydrogen-bond acceptors (Lipinski definition) is 5. The molecule has 27 heavy (non-hydrogen) atoms. The normalized spacial score (nSPS) is 11.2. The number of carbonyl (C=O) groups is 1. The van der Waals surface area contributed by atoms with E-state index in [0.717, 1.165) is 23.0 Å². The summed E-state index contributed by atoms with van der Waals surface area (Å²) in [5.41, 5.74) is 1.66. The van der Waals surface area contributed by atoms with Crippen LogP contribution in [-0.2, 0) is 6.54 Å². The zero-order chi connectivity index (χ0) is 19.6. The number of nitrogens with one attached hydrogen (secondary N) is 3. The first-order valence-electron chi connectivity index (χ1n) is 8.90. The summed E-state index contributed by atoms with van der Waals surface area (Å²) < 4.78 is 5.09. The summed E-state index contributed by atoms with van der Waals surface area (Å²) in [6.45, 7) is 8.45. The van der Waals surface area contributed by atoms with Gasteiger partial charge in [-0.3, -0.25) is 4.79 Å². The van der Waals surface area contributed by atoms with Crippen LogP contribution in [-0.4, -0.2) is 43.6 Å². The van der Waals surface area contributed by atoms with Crippen molar-refractivity contribution in [3.8, 4) is 5.75 Å². The Morgan fingerprint density at radius 2 is 1.85 bits per heavy atom. The summed E-state index contributed by atoms with van der Waals surface area (Å²) in [4.78, 5) is 22.4. The third-order valence-electron chi connectivity index (χ3n) is 3.84. The van der Waals surface area contributed by atoms with Crippen molar-refractivity contribution in [1.82, 2.24) is 20.9 Å². The third-order valence-corrected chi connectivity index (χ3v) is 4.90. The summed E-state index contributed by atoms with van der Waals surface area (Å²) in [6, 6.07) is 7.02. The number of amides is 1. The monoisotopic (exact) mass is 389 g/mol. The average molecular weight is 390 g/mol. The number of aliphatic imine (C=N–C) groups is 1. The van der Waals surface area contributed by atoms with Gasteiger partial charge in [0.1, 0.15) is 10.8 Å². The lowest BCUT2D eigenvalue weighted by Crippen LogP contribution is -2.41. The van der Waals surface area contributed by atoms with Gasteiger partial charge in [-0.15, -0.1) is 11.3 Å². The molecule has 8 heteroatoms. The molecule has 0 unspecified atom stereocenters. The second-order valence-corrected chi connectivity index (χ2v) is 7.14. The van der Waals surface area contributed by atoms with Crippen LogP contribution in [0.4, 0.5) is 0 Å². The minimum Gasteiger partial charge on any atom is -0.497 e. The first-order chi connectivity index (χ1) is 13.0. The lowest BCUT2D eigenvalue weighted by atomic mass is 10.2. The van der Waals surface area contributed by atoms with Gasteiger partial charge in [0.2, 0.25) is 0 Å². The van der Waals surface area contributed by atoms with E-state index in [1.54, 1.807) is 42.7 Å². The Labute approximate surface area is 164 Å². The second kappa shape index (κ2) is 10.5. The quantitative estimate of drug-likeness (QED) is 0.366. The lowest BCUT2D eigenvalue weighted by molar-refractivity contribution is 0.0954. The number of methoxy groups -OCH3 is 1. The number of benzene rings is 1. The molecule has 0 saturated carbocycles. The van der Waals surface area contributed by atoms with Gasteiger partial charge in [0.05, 0.1) is 19.3 Å². The lowest BCUT2D eigenvalue weighted by Gasteiger charge is -2.11. The SMILES string of the molecule is CCNC(=NCc1nc(C)c(C)s1)NCCNC(=O)c1ccc(OC)cc1. The molecule has 1 heterocycles. The van der Waals surface area contributed by atoms with Crippen LogP contribution < -0.4 is 20.7 Å². The Bertz CT molecular complexity index is 751. The molecule has 1 amide bonds. The maximum atomic E-state index is 12.1. The van der Waals surface area contributed by atoms with Crippen LogP contribution >= 0.6 is 11.3 Å². The molecule has 146 valence electrons. The van der Waals surface area contributed by atoms with Crippen LogP contribution in [0.3, 0.4) is 0 Å². The van der Waals surface area contributed by atoms with Crippen LogP contribution in [0.5, 0.6) is 5.75 Å². The molecule has 0 aliphatic carbocycles. The van der Waals surface area contributed by atoms with E-state index < -0.39 is 0 Å². The molecule has 2 aromatic rings.